The van der Waals surface area contributed by atoms with Crippen LogP contribution >= 0.6 is 0 Å². The van der Waals surface area contributed by atoms with Crippen molar-refractivity contribution in [2.45, 2.75) is 41.3 Å². The monoisotopic (exact) mass is 446 g/mol. The molecule has 0 aromatic heterocycles. The zero-order chi connectivity index (χ0) is 20.8. The molecule has 0 spiro atoms. The lowest BCUT2D eigenvalue weighted by Gasteiger charge is -2.37. The van der Waals surface area contributed by atoms with Gasteiger partial charge in [0, 0.05) is 42.7 Å². The first kappa shape index (κ1) is 25.7. The summed E-state index contributed by atoms with van der Waals surface area (Å²) in [5.74, 6) is -0.187. The molecular weight excluding hydrogens is 408 g/mol. The van der Waals surface area contributed by atoms with Crippen molar-refractivity contribution < 1.29 is 28.4 Å². The maximum absolute atomic E-state index is 5.53. The second-order valence-electron chi connectivity index (χ2n) is 6.97. The molecule has 0 amide bonds. The van der Waals surface area contributed by atoms with Crippen LogP contribution < -0.4 is 0 Å². The molecule has 0 aliphatic rings. The molecule has 0 aliphatic heterocycles. The van der Waals surface area contributed by atoms with Crippen molar-refractivity contribution in [1.82, 2.24) is 0 Å². The number of hydrogen-bond donors (Lipinski definition) is 0. The first-order valence-corrected chi connectivity index (χ1v) is 15.3. The zero-order valence-electron chi connectivity index (χ0n) is 18.3. The maximum Gasteiger partial charge on any atom is 0.134 e. The zero-order valence-corrected chi connectivity index (χ0v) is 22.6. The van der Waals surface area contributed by atoms with E-state index in [2.05, 4.69) is 30.3 Å². The van der Waals surface area contributed by atoms with Crippen LogP contribution in [-0.2, 0) is 33.8 Å². The first-order chi connectivity index (χ1) is 13.6. The molecule has 0 saturated carbocycles. The predicted molar refractivity (Wildman–Crippen MR) is 122 cm³/mol. The van der Waals surface area contributed by atoms with Crippen molar-refractivity contribution in [2.75, 3.05) is 42.7 Å². The minimum Gasteiger partial charge on any atom is -0.360 e. The summed E-state index contributed by atoms with van der Waals surface area (Å²) in [5.41, 5.74) is 1.48. The molecule has 0 fully saturated rings. The van der Waals surface area contributed by atoms with Crippen LogP contribution in [0.2, 0.25) is 18.1 Å². The van der Waals surface area contributed by atoms with E-state index in [0.717, 1.165) is 18.1 Å². The van der Waals surface area contributed by atoms with Crippen molar-refractivity contribution in [2.24, 2.45) is 0 Å². The van der Waals surface area contributed by atoms with Gasteiger partial charge in [0.2, 0.25) is 0 Å². The van der Waals surface area contributed by atoms with Gasteiger partial charge in [-0.05, 0) is 29.1 Å². The lowest BCUT2D eigenvalue weighted by Crippen LogP contribution is -2.39. The van der Waals surface area contributed by atoms with Gasteiger partial charge in [-0.25, -0.2) is 0 Å². The summed E-state index contributed by atoms with van der Waals surface area (Å²) in [6.07, 6.45) is 0. The van der Waals surface area contributed by atoms with Gasteiger partial charge < -0.3 is 28.4 Å². The van der Waals surface area contributed by atoms with Crippen LogP contribution in [0.25, 0.3) is 0 Å². The molecule has 0 radical (unpaired) electrons. The third kappa shape index (κ3) is 8.17. The Balaban J connectivity index is 3.14. The van der Waals surface area contributed by atoms with Gasteiger partial charge in [-0.3, -0.25) is 0 Å². The Morgan fingerprint density at radius 2 is 0.929 bits per heavy atom. The summed E-state index contributed by atoms with van der Waals surface area (Å²) in [4.78, 5) is 0. The van der Waals surface area contributed by atoms with Crippen molar-refractivity contribution in [3.05, 3.63) is 35.9 Å². The molecule has 162 valence electrons. The van der Waals surface area contributed by atoms with Crippen molar-refractivity contribution in [3.63, 3.8) is 0 Å². The highest BCUT2D eigenvalue weighted by Gasteiger charge is 2.34. The molecule has 28 heavy (non-hydrogen) atoms. The molecule has 0 saturated heterocycles. The van der Waals surface area contributed by atoms with Crippen molar-refractivity contribution in [3.8, 4) is 0 Å². The first-order valence-electron chi connectivity index (χ1n) is 9.81. The van der Waals surface area contributed by atoms with Gasteiger partial charge in [0.15, 0.2) is 0 Å². The van der Waals surface area contributed by atoms with Crippen LogP contribution in [-0.4, -0.2) is 89.0 Å². The van der Waals surface area contributed by atoms with Crippen LogP contribution in [0.1, 0.15) is 5.56 Å². The Labute approximate surface area is 177 Å². The quantitative estimate of drug-likeness (QED) is 0.271. The molecule has 0 heterocycles. The van der Waals surface area contributed by atoms with Crippen LogP contribution in [0.15, 0.2) is 30.3 Å². The van der Waals surface area contributed by atoms with E-state index >= 15 is 0 Å². The predicted octanol–water partition coefficient (Wildman–Crippen LogP) is 0.415. The third-order valence-corrected chi connectivity index (χ3v) is 12.7. The van der Waals surface area contributed by atoms with E-state index in [0.29, 0.717) is 0 Å². The second kappa shape index (κ2) is 14.6. The maximum atomic E-state index is 5.53. The molecule has 9 heteroatoms. The highest BCUT2D eigenvalue weighted by molar-refractivity contribution is 6.42. The number of benzene rings is 1. The average Bonchev–Trinajstić information content (AvgIpc) is 2.75. The Morgan fingerprint density at radius 1 is 0.607 bits per heavy atom. The Morgan fingerprint density at radius 3 is 1.21 bits per heavy atom. The summed E-state index contributed by atoms with van der Waals surface area (Å²) in [6.45, 7) is 0. The normalized spacial score (nSPS) is 15.5. The molecule has 1 aromatic carbocycles. The van der Waals surface area contributed by atoms with E-state index in [1.165, 1.54) is 5.56 Å². The average molecular weight is 447 g/mol. The number of rotatable bonds is 16. The summed E-state index contributed by atoms with van der Waals surface area (Å²) >= 11 is 0. The Bertz CT molecular complexity index is 455. The fourth-order valence-electron chi connectivity index (χ4n) is 3.78. The molecule has 0 aliphatic carbocycles. The molecule has 1 rings (SSSR count). The summed E-state index contributed by atoms with van der Waals surface area (Å²) < 4.78 is 33.2. The van der Waals surface area contributed by atoms with Gasteiger partial charge in [-0.1, -0.05) is 30.3 Å². The fraction of sp³-hybridized carbons (Fsp3) is 0.684. The summed E-state index contributed by atoms with van der Waals surface area (Å²) in [5, 5.41) is 0. The highest BCUT2D eigenvalue weighted by Crippen LogP contribution is 2.38. The van der Waals surface area contributed by atoms with Gasteiger partial charge in [-0.15, -0.1) is 0 Å². The van der Waals surface area contributed by atoms with Crippen LogP contribution in [0.3, 0.4) is 0 Å². The van der Waals surface area contributed by atoms with Gasteiger partial charge in [0.05, 0.1) is 28.6 Å². The molecule has 0 unspecified atom stereocenters. The lowest BCUT2D eigenvalue weighted by molar-refractivity contribution is -0.0458. The van der Waals surface area contributed by atoms with E-state index < -0.39 is 28.6 Å². The second-order valence-corrected chi connectivity index (χ2v) is 12.2. The van der Waals surface area contributed by atoms with Gasteiger partial charge in [0.1, 0.15) is 17.7 Å². The molecule has 0 N–H and O–H groups in total. The van der Waals surface area contributed by atoms with Crippen LogP contribution in [0.5, 0.6) is 0 Å². The minimum absolute atomic E-state index is 0.0623. The SMILES string of the molecule is COC(OC)[SiH2]CC(C[SiH2]C(OC)OC)(C[SiH2]C(OC)OC)c1ccccc1. The molecule has 6 nitrogen and oxygen atoms in total. The van der Waals surface area contributed by atoms with Gasteiger partial charge in [-0.2, -0.15) is 0 Å². The smallest absolute Gasteiger partial charge is 0.134 e. The van der Waals surface area contributed by atoms with Crippen molar-refractivity contribution in [1.29, 1.82) is 0 Å². The van der Waals surface area contributed by atoms with Gasteiger partial charge >= 0.3 is 0 Å². The van der Waals surface area contributed by atoms with E-state index in [1.807, 2.05) is 0 Å². The standard InChI is InChI=1S/C19H38O6Si3/c1-20-16(21-2)26-12-19(13-27-17(22-3)23-4,14-28-18(24-5)25-6)15-10-8-7-9-11-15/h7-11,16-18H,12-14,26-28H2,1-6H3. The number of ether oxygens (including phenoxy) is 6. The molecule has 1 aromatic rings. The largest absolute Gasteiger partial charge is 0.360 e. The number of methoxy groups -OCH3 is 6. The van der Waals surface area contributed by atoms with E-state index in [-0.39, 0.29) is 23.2 Å². The third-order valence-electron chi connectivity index (χ3n) is 5.54. The minimum atomic E-state index is -0.601. The Hall–Kier alpha value is -0.369. The molecule has 0 bridgehead atoms. The van der Waals surface area contributed by atoms with Crippen LogP contribution in [0.4, 0.5) is 0 Å². The van der Waals surface area contributed by atoms with E-state index in [1.54, 1.807) is 42.7 Å². The van der Waals surface area contributed by atoms with E-state index in [9.17, 15) is 0 Å². The van der Waals surface area contributed by atoms with Gasteiger partial charge in [0.25, 0.3) is 0 Å². The highest BCUT2D eigenvalue weighted by atomic mass is 28.2. The summed E-state index contributed by atoms with van der Waals surface area (Å²) in [7, 11) is 8.57. The van der Waals surface area contributed by atoms with Crippen molar-refractivity contribution >= 4 is 28.6 Å². The van der Waals surface area contributed by atoms with E-state index in [4.69, 9.17) is 28.4 Å². The summed E-state index contributed by atoms with van der Waals surface area (Å²) in [6, 6.07) is 14.2. The molecule has 0 atom stereocenters. The Kier molecular flexibility index (Phi) is 13.4. The fourth-order valence-corrected chi connectivity index (χ4v) is 11.4. The topological polar surface area (TPSA) is 55.4 Å². The number of hydrogen-bond acceptors (Lipinski definition) is 6. The lowest BCUT2D eigenvalue weighted by atomic mass is 9.86. The van der Waals surface area contributed by atoms with Crippen LogP contribution in [0, 0.1) is 0 Å². The molecular formula is C19H38O6Si3.